The summed E-state index contributed by atoms with van der Waals surface area (Å²) in [5.74, 6) is -0.613. The van der Waals surface area contributed by atoms with E-state index >= 15 is 0 Å². The first-order valence-electron chi connectivity index (χ1n) is 17.1. The number of aliphatic hydroxyl groups excluding tert-OH is 1. The highest BCUT2D eigenvalue weighted by Gasteiger charge is 2.55. The topological polar surface area (TPSA) is 169 Å². The molecule has 3 aromatic rings. The second kappa shape index (κ2) is 18.5. The van der Waals surface area contributed by atoms with Crippen molar-refractivity contribution >= 4 is 5.97 Å². The lowest BCUT2D eigenvalue weighted by Crippen LogP contribution is -2.66. The lowest BCUT2D eigenvalue weighted by Gasteiger charge is -2.50. The molecule has 8 unspecified atom stereocenters. The van der Waals surface area contributed by atoms with Crippen molar-refractivity contribution < 1.29 is 52.5 Å². The van der Waals surface area contributed by atoms with E-state index in [-0.39, 0.29) is 26.4 Å². The Kier molecular flexibility index (Phi) is 13.4. The van der Waals surface area contributed by atoms with Gasteiger partial charge >= 0.3 is 5.97 Å². The number of hydrogen-bond acceptors (Lipinski definition) is 12. The van der Waals surface area contributed by atoms with Crippen LogP contribution in [-0.4, -0.2) is 92.2 Å². The summed E-state index contributed by atoms with van der Waals surface area (Å²) in [5, 5.41) is 14.8. The molecule has 3 saturated heterocycles. The second-order valence-electron chi connectivity index (χ2n) is 12.5. The van der Waals surface area contributed by atoms with Crippen LogP contribution in [0, 0.1) is 0 Å². The standard InChI is InChI=1S/C38H43N3O11/c1-3-19-44-38-35(48-24(2)43)34(46-22-26-15-9-5-10-16-26)31(28(20-42)49-38)52-37-30(40-41-39)33(45-21-25-13-7-4-8-14-25)32-29(50-37)23-47-36(51-32)27-17-11-6-12-18-27/h3-18,28-38,42H,1,19-23H2,2H3/t28?,29?,30?,31?,32-,33?,34?,35?,36?,37-,38+/m0/s1. The molecule has 0 aliphatic carbocycles. The van der Waals surface area contributed by atoms with Gasteiger partial charge in [-0.25, -0.2) is 0 Å². The van der Waals surface area contributed by atoms with Crippen LogP contribution in [0.3, 0.4) is 0 Å². The van der Waals surface area contributed by atoms with Crippen LogP contribution in [0.15, 0.2) is 109 Å². The largest absolute Gasteiger partial charge is 0.454 e. The highest BCUT2D eigenvalue weighted by atomic mass is 16.8. The molecule has 11 atom stereocenters. The van der Waals surface area contributed by atoms with E-state index < -0.39 is 80.2 Å². The van der Waals surface area contributed by atoms with Crippen molar-refractivity contribution in [1.82, 2.24) is 0 Å². The highest BCUT2D eigenvalue weighted by Crippen LogP contribution is 2.39. The molecule has 14 heteroatoms. The number of azide groups is 1. The first kappa shape index (κ1) is 37.6. The molecule has 0 aromatic heterocycles. The van der Waals surface area contributed by atoms with E-state index in [0.29, 0.717) is 0 Å². The van der Waals surface area contributed by atoms with Crippen LogP contribution in [0.1, 0.15) is 29.9 Å². The van der Waals surface area contributed by atoms with E-state index in [9.17, 15) is 15.4 Å². The first-order valence-corrected chi connectivity index (χ1v) is 17.1. The van der Waals surface area contributed by atoms with E-state index in [1.807, 2.05) is 91.0 Å². The van der Waals surface area contributed by atoms with Crippen LogP contribution >= 0.6 is 0 Å². The molecular weight excluding hydrogens is 674 g/mol. The van der Waals surface area contributed by atoms with Crippen molar-refractivity contribution in [2.45, 2.75) is 87.8 Å². The summed E-state index contributed by atoms with van der Waals surface area (Å²) in [7, 11) is 0. The number of hydrogen-bond donors (Lipinski definition) is 1. The molecule has 3 fully saturated rings. The van der Waals surface area contributed by atoms with Crippen LogP contribution in [0.5, 0.6) is 0 Å². The molecule has 0 radical (unpaired) electrons. The van der Waals surface area contributed by atoms with Crippen LogP contribution < -0.4 is 0 Å². The summed E-state index contributed by atoms with van der Waals surface area (Å²) in [6, 6.07) is 27.3. The molecule has 3 heterocycles. The summed E-state index contributed by atoms with van der Waals surface area (Å²) in [5.41, 5.74) is 12.4. The molecule has 3 aliphatic rings. The van der Waals surface area contributed by atoms with Gasteiger partial charge in [0, 0.05) is 17.4 Å². The molecule has 0 saturated carbocycles. The molecule has 276 valence electrons. The van der Waals surface area contributed by atoms with E-state index in [4.69, 9.17) is 42.6 Å². The fraction of sp³-hybridized carbons (Fsp3) is 0.447. The monoisotopic (exact) mass is 717 g/mol. The summed E-state index contributed by atoms with van der Waals surface area (Å²) in [6.45, 7) is 4.86. The predicted octanol–water partition coefficient (Wildman–Crippen LogP) is 4.91. The van der Waals surface area contributed by atoms with Gasteiger partial charge in [-0.3, -0.25) is 4.79 Å². The van der Waals surface area contributed by atoms with E-state index in [2.05, 4.69) is 16.6 Å². The zero-order valence-electron chi connectivity index (χ0n) is 28.7. The fourth-order valence-electron chi connectivity index (χ4n) is 6.51. The van der Waals surface area contributed by atoms with E-state index in [0.717, 1.165) is 16.7 Å². The number of esters is 1. The van der Waals surface area contributed by atoms with Gasteiger partial charge in [-0.05, 0) is 16.7 Å². The SMILES string of the molecule is C=CCO[C@@H]1OC(CO)C(O[C@@H]2OC3COC(c4ccccc4)O[C@@H]3C(OCc3ccccc3)C2N=[N+]=[N-])C(OCc2ccccc2)C1OC(C)=O. The van der Waals surface area contributed by atoms with Gasteiger partial charge in [-0.2, -0.15) is 0 Å². The van der Waals surface area contributed by atoms with Gasteiger partial charge in [0.05, 0.1) is 33.0 Å². The average molecular weight is 718 g/mol. The maximum absolute atomic E-state index is 12.4. The minimum absolute atomic E-state index is 0.0652. The maximum Gasteiger partial charge on any atom is 0.303 e. The second-order valence-corrected chi connectivity index (χ2v) is 12.5. The molecule has 0 bridgehead atoms. The number of fused-ring (bicyclic) bond motifs is 1. The molecule has 3 aromatic carbocycles. The Morgan fingerprint density at radius 1 is 0.865 bits per heavy atom. The molecule has 6 rings (SSSR count). The average Bonchev–Trinajstić information content (AvgIpc) is 3.18. The van der Waals surface area contributed by atoms with Gasteiger partial charge in [0.25, 0.3) is 0 Å². The molecule has 0 spiro atoms. The third kappa shape index (κ3) is 9.24. The highest BCUT2D eigenvalue weighted by molar-refractivity contribution is 5.66. The number of nitrogens with zero attached hydrogens (tertiary/aromatic N) is 3. The van der Waals surface area contributed by atoms with Crippen LogP contribution in [0.25, 0.3) is 10.4 Å². The molecule has 52 heavy (non-hydrogen) atoms. The lowest BCUT2D eigenvalue weighted by atomic mass is 9.94. The van der Waals surface area contributed by atoms with Crippen molar-refractivity contribution in [3.05, 3.63) is 131 Å². The summed E-state index contributed by atoms with van der Waals surface area (Å²) >= 11 is 0. The number of benzene rings is 3. The Bertz CT molecular complexity index is 1610. The Labute approximate surface area is 301 Å². The van der Waals surface area contributed by atoms with Gasteiger partial charge in [-0.1, -0.05) is 102 Å². The predicted molar refractivity (Wildman–Crippen MR) is 184 cm³/mol. The van der Waals surface area contributed by atoms with Gasteiger partial charge in [0.1, 0.15) is 42.7 Å². The van der Waals surface area contributed by atoms with Crippen LogP contribution in [-0.2, 0) is 60.6 Å². The molecule has 3 aliphatic heterocycles. The summed E-state index contributed by atoms with van der Waals surface area (Å²) < 4.78 is 56.4. The molecule has 14 nitrogen and oxygen atoms in total. The first-order chi connectivity index (χ1) is 25.5. The maximum atomic E-state index is 12.4. The third-order valence-corrected chi connectivity index (χ3v) is 8.88. The minimum Gasteiger partial charge on any atom is -0.454 e. The van der Waals surface area contributed by atoms with Gasteiger partial charge in [0.15, 0.2) is 25.0 Å². The van der Waals surface area contributed by atoms with Crippen molar-refractivity contribution in [3.8, 4) is 0 Å². The Balaban J connectivity index is 1.33. The van der Waals surface area contributed by atoms with E-state index in [1.165, 1.54) is 13.0 Å². The van der Waals surface area contributed by atoms with E-state index in [1.54, 1.807) is 0 Å². The number of rotatable bonds is 15. The number of aliphatic hydroxyl groups is 1. The number of carbonyl (C=O) groups is 1. The normalized spacial score (nSPS) is 31.5. The minimum atomic E-state index is -1.27. The smallest absolute Gasteiger partial charge is 0.303 e. The summed E-state index contributed by atoms with van der Waals surface area (Å²) in [4.78, 5) is 15.6. The van der Waals surface area contributed by atoms with Crippen molar-refractivity contribution in [2.75, 3.05) is 19.8 Å². The third-order valence-electron chi connectivity index (χ3n) is 8.88. The zero-order chi connectivity index (χ0) is 36.3. The van der Waals surface area contributed by atoms with Gasteiger partial charge < -0.3 is 47.7 Å². The molecule has 1 N–H and O–H groups in total. The molecular formula is C38H43N3O11. The quantitative estimate of drug-likeness (QED) is 0.0745. The fourth-order valence-corrected chi connectivity index (χ4v) is 6.51. The van der Waals surface area contributed by atoms with Crippen molar-refractivity contribution in [2.24, 2.45) is 5.11 Å². The van der Waals surface area contributed by atoms with Gasteiger partial charge in [0.2, 0.25) is 0 Å². The zero-order valence-corrected chi connectivity index (χ0v) is 28.7. The van der Waals surface area contributed by atoms with Crippen LogP contribution in [0.2, 0.25) is 0 Å². The Morgan fingerprint density at radius 2 is 1.50 bits per heavy atom. The van der Waals surface area contributed by atoms with Crippen molar-refractivity contribution in [1.29, 1.82) is 0 Å². The van der Waals surface area contributed by atoms with Crippen molar-refractivity contribution in [3.63, 3.8) is 0 Å². The Morgan fingerprint density at radius 3 is 2.10 bits per heavy atom. The Hall–Kier alpha value is -4.18. The van der Waals surface area contributed by atoms with Crippen LogP contribution in [0.4, 0.5) is 0 Å². The number of carbonyl (C=O) groups excluding carboxylic acids is 1. The number of ether oxygens (including phenoxy) is 9. The van der Waals surface area contributed by atoms with Gasteiger partial charge in [-0.15, -0.1) is 6.58 Å². The summed E-state index contributed by atoms with van der Waals surface area (Å²) in [6.07, 6.45) is -8.31. The molecule has 0 amide bonds. The lowest BCUT2D eigenvalue weighted by molar-refractivity contribution is -0.375.